The van der Waals surface area contributed by atoms with Gasteiger partial charge in [0.2, 0.25) is 0 Å². The van der Waals surface area contributed by atoms with Crippen LogP contribution >= 0.6 is 0 Å². The standard InChI is InChI=1S/C19H30N2/c1-16(2)18-5-3-17(4-6-18)7-13-21-14-10-19(15-21)8-11-20-12-9-19/h3-6,16,20H,7-15H2,1-2H3. The lowest BCUT2D eigenvalue weighted by Crippen LogP contribution is -2.38. The molecule has 1 N–H and O–H groups in total. The van der Waals surface area contributed by atoms with E-state index < -0.39 is 0 Å². The molecule has 0 saturated carbocycles. The van der Waals surface area contributed by atoms with Crippen LogP contribution in [-0.4, -0.2) is 37.6 Å². The molecule has 2 saturated heterocycles. The molecular formula is C19H30N2. The fraction of sp³-hybridized carbons (Fsp3) is 0.684. The lowest BCUT2D eigenvalue weighted by Gasteiger charge is -2.33. The maximum atomic E-state index is 3.50. The van der Waals surface area contributed by atoms with Gasteiger partial charge < -0.3 is 10.2 Å². The summed E-state index contributed by atoms with van der Waals surface area (Å²) in [6.07, 6.45) is 5.38. The van der Waals surface area contributed by atoms with Crippen molar-refractivity contribution >= 4 is 0 Å². The molecule has 2 fully saturated rings. The van der Waals surface area contributed by atoms with Crippen LogP contribution in [0.4, 0.5) is 0 Å². The van der Waals surface area contributed by atoms with Gasteiger partial charge in [0.1, 0.15) is 0 Å². The Morgan fingerprint density at radius 2 is 1.81 bits per heavy atom. The van der Waals surface area contributed by atoms with Gasteiger partial charge in [-0.25, -0.2) is 0 Å². The van der Waals surface area contributed by atoms with E-state index in [4.69, 9.17) is 0 Å². The van der Waals surface area contributed by atoms with Crippen molar-refractivity contribution in [2.45, 2.75) is 45.4 Å². The summed E-state index contributed by atoms with van der Waals surface area (Å²) in [5.41, 5.74) is 3.59. The molecule has 1 aromatic carbocycles. The van der Waals surface area contributed by atoms with Gasteiger partial charge in [0.05, 0.1) is 0 Å². The lowest BCUT2D eigenvalue weighted by atomic mass is 9.78. The first-order chi connectivity index (χ1) is 10.2. The van der Waals surface area contributed by atoms with E-state index in [2.05, 4.69) is 48.3 Å². The van der Waals surface area contributed by atoms with Crippen LogP contribution in [0.25, 0.3) is 0 Å². The Morgan fingerprint density at radius 1 is 1.10 bits per heavy atom. The van der Waals surface area contributed by atoms with E-state index in [1.165, 1.54) is 69.5 Å². The van der Waals surface area contributed by atoms with Gasteiger partial charge in [-0.3, -0.25) is 0 Å². The van der Waals surface area contributed by atoms with Gasteiger partial charge in [0.25, 0.3) is 0 Å². The van der Waals surface area contributed by atoms with Crippen LogP contribution in [0.15, 0.2) is 24.3 Å². The summed E-state index contributed by atoms with van der Waals surface area (Å²) >= 11 is 0. The molecule has 1 spiro atoms. The third-order valence-electron chi connectivity index (χ3n) is 5.54. The van der Waals surface area contributed by atoms with Crippen molar-refractivity contribution < 1.29 is 0 Å². The number of nitrogens with zero attached hydrogens (tertiary/aromatic N) is 1. The van der Waals surface area contributed by atoms with Gasteiger partial charge in [0.15, 0.2) is 0 Å². The third-order valence-corrected chi connectivity index (χ3v) is 5.54. The third kappa shape index (κ3) is 3.67. The molecule has 0 aromatic heterocycles. The van der Waals surface area contributed by atoms with Crippen molar-refractivity contribution in [3.63, 3.8) is 0 Å². The predicted octanol–water partition coefficient (Wildman–Crippen LogP) is 3.43. The van der Waals surface area contributed by atoms with E-state index in [9.17, 15) is 0 Å². The second kappa shape index (κ2) is 6.50. The first kappa shape index (κ1) is 15.1. The van der Waals surface area contributed by atoms with Crippen LogP contribution < -0.4 is 5.32 Å². The van der Waals surface area contributed by atoms with E-state index >= 15 is 0 Å². The summed E-state index contributed by atoms with van der Waals surface area (Å²) in [5.74, 6) is 0.636. The summed E-state index contributed by atoms with van der Waals surface area (Å²) < 4.78 is 0. The quantitative estimate of drug-likeness (QED) is 0.912. The highest BCUT2D eigenvalue weighted by Crippen LogP contribution is 2.38. The zero-order chi connectivity index (χ0) is 14.7. The smallest absolute Gasteiger partial charge is 0.00395 e. The van der Waals surface area contributed by atoms with Crippen LogP contribution in [0.5, 0.6) is 0 Å². The van der Waals surface area contributed by atoms with Crippen LogP contribution in [0, 0.1) is 5.41 Å². The molecule has 21 heavy (non-hydrogen) atoms. The number of piperidine rings is 1. The van der Waals surface area contributed by atoms with Crippen molar-refractivity contribution in [1.29, 1.82) is 0 Å². The summed E-state index contributed by atoms with van der Waals surface area (Å²) in [7, 11) is 0. The summed E-state index contributed by atoms with van der Waals surface area (Å²) in [6.45, 7) is 10.9. The molecule has 2 nitrogen and oxygen atoms in total. The van der Waals surface area contributed by atoms with Crippen molar-refractivity contribution in [3.05, 3.63) is 35.4 Å². The average Bonchev–Trinajstić information content (AvgIpc) is 2.89. The van der Waals surface area contributed by atoms with Crippen molar-refractivity contribution in [1.82, 2.24) is 10.2 Å². The monoisotopic (exact) mass is 286 g/mol. The summed E-state index contributed by atoms with van der Waals surface area (Å²) in [4.78, 5) is 2.70. The van der Waals surface area contributed by atoms with Crippen LogP contribution in [0.3, 0.4) is 0 Å². The Balaban J connectivity index is 1.49. The fourth-order valence-electron chi connectivity index (χ4n) is 3.94. The molecule has 0 aliphatic carbocycles. The molecule has 0 amide bonds. The Labute approximate surface area is 129 Å². The first-order valence-electron chi connectivity index (χ1n) is 8.69. The fourth-order valence-corrected chi connectivity index (χ4v) is 3.94. The van der Waals surface area contributed by atoms with Gasteiger partial charge in [-0.2, -0.15) is 0 Å². The van der Waals surface area contributed by atoms with E-state index in [0.717, 1.165) is 0 Å². The van der Waals surface area contributed by atoms with Gasteiger partial charge >= 0.3 is 0 Å². The summed E-state index contributed by atoms with van der Waals surface area (Å²) in [5, 5.41) is 3.50. The molecule has 2 heterocycles. The average molecular weight is 286 g/mol. The molecule has 116 valence electrons. The Hall–Kier alpha value is -0.860. The van der Waals surface area contributed by atoms with Crippen LogP contribution in [0.2, 0.25) is 0 Å². The minimum atomic E-state index is 0.636. The van der Waals surface area contributed by atoms with Crippen molar-refractivity contribution in [3.8, 4) is 0 Å². The van der Waals surface area contributed by atoms with Gasteiger partial charge in [-0.05, 0) is 67.8 Å². The first-order valence-corrected chi connectivity index (χ1v) is 8.69. The highest BCUT2D eigenvalue weighted by atomic mass is 15.2. The second-order valence-electron chi connectivity index (χ2n) is 7.42. The van der Waals surface area contributed by atoms with Crippen molar-refractivity contribution in [2.24, 2.45) is 5.41 Å². The van der Waals surface area contributed by atoms with E-state index in [-0.39, 0.29) is 0 Å². The molecule has 0 bridgehead atoms. The van der Waals surface area contributed by atoms with E-state index in [0.29, 0.717) is 11.3 Å². The molecule has 2 aliphatic heterocycles. The van der Waals surface area contributed by atoms with Gasteiger partial charge in [0, 0.05) is 13.1 Å². The highest BCUT2D eigenvalue weighted by Gasteiger charge is 2.38. The number of likely N-dealkylation sites (tertiary alicyclic amines) is 1. The minimum absolute atomic E-state index is 0.636. The summed E-state index contributed by atoms with van der Waals surface area (Å²) in [6, 6.07) is 9.26. The maximum Gasteiger partial charge on any atom is 0.00395 e. The number of benzene rings is 1. The SMILES string of the molecule is CC(C)c1ccc(CCN2CCC3(CCNCC3)C2)cc1. The van der Waals surface area contributed by atoms with Crippen molar-refractivity contribution in [2.75, 3.05) is 32.7 Å². The molecule has 0 unspecified atom stereocenters. The molecule has 2 aliphatic rings. The number of nitrogens with one attached hydrogen (secondary N) is 1. The zero-order valence-corrected chi connectivity index (χ0v) is 13.7. The predicted molar refractivity (Wildman–Crippen MR) is 89.8 cm³/mol. The van der Waals surface area contributed by atoms with E-state index in [1.54, 1.807) is 0 Å². The highest BCUT2D eigenvalue weighted by molar-refractivity contribution is 5.24. The Morgan fingerprint density at radius 3 is 2.48 bits per heavy atom. The molecule has 1 aromatic rings. The van der Waals surface area contributed by atoms with Crippen LogP contribution in [-0.2, 0) is 6.42 Å². The molecular weight excluding hydrogens is 256 g/mol. The van der Waals surface area contributed by atoms with Gasteiger partial charge in [-0.15, -0.1) is 0 Å². The molecule has 2 heteroatoms. The Kier molecular flexibility index (Phi) is 4.66. The largest absolute Gasteiger partial charge is 0.317 e. The Bertz CT molecular complexity index is 443. The molecule has 3 rings (SSSR count). The van der Waals surface area contributed by atoms with Crippen LogP contribution in [0.1, 0.15) is 50.2 Å². The zero-order valence-electron chi connectivity index (χ0n) is 13.7. The normalized spacial score (nSPS) is 22.2. The molecule has 0 radical (unpaired) electrons. The number of rotatable bonds is 4. The molecule has 0 atom stereocenters. The number of hydrogen-bond acceptors (Lipinski definition) is 2. The number of hydrogen-bond donors (Lipinski definition) is 1. The minimum Gasteiger partial charge on any atom is -0.317 e. The van der Waals surface area contributed by atoms with Gasteiger partial charge in [-0.1, -0.05) is 38.1 Å². The second-order valence-corrected chi connectivity index (χ2v) is 7.42. The lowest BCUT2D eigenvalue weighted by molar-refractivity contribution is 0.197. The topological polar surface area (TPSA) is 15.3 Å². The van der Waals surface area contributed by atoms with E-state index in [1.807, 2.05) is 0 Å². The maximum absolute atomic E-state index is 3.50.